The van der Waals surface area contributed by atoms with Crippen molar-refractivity contribution in [3.05, 3.63) is 83.9 Å². The van der Waals surface area contributed by atoms with Gasteiger partial charge in [0.05, 0.1) is 23.0 Å². The molecule has 2 heterocycles. The summed E-state index contributed by atoms with van der Waals surface area (Å²) < 4.78 is 34.3. The Hall–Kier alpha value is -4.44. The zero-order valence-corrected chi connectivity index (χ0v) is 22.0. The van der Waals surface area contributed by atoms with Crippen LogP contribution in [0.3, 0.4) is 0 Å². The van der Waals surface area contributed by atoms with Crippen LogP contribution in [0, 0.1) is 6.92 Å². The Bertz CT molecular complexity index is 1760. The third-order valence-electron chi connectivity index (χ3n) is 6.33. The topological polar surface area (TPSA) is 129 Å². The lowest BCUT2D eigenvalue weighted by Gasteiger charge is -2.17. The number of para-hydroxylation sites is 2. The number of nitrogen functional groups attached to an aromatic ring is 1. The Morgan fingerprint density at radius 1 is 1.00 bits per heavy atom. The molecular weight excluding hydrogens is 502 g/mol. The molecule has 0 radical (unpaired) electrons. The minimum atomic E-state index is -4.02. The van der Waals surface area contributed by atoms with Crippen molar-refractivity contribution in [2.45, 2.75) is 36.2 Å². The Labute approximate surface area is 220 Å². The zero-order valence-electron chi connectivity index (χ0n) is 21.2. The molecule has 0 spiro atoms. The number of anilines is 1. The van der Waals surface area contributed by atoms with Gasteiger partial charge in [0.25, 0.3) is 5.91 Å². The molecule has 5 aromatic rings. The summed E-state index contributed by atoms with van der Waals surface area (Å²) in [5.74, 6) is 0.384. The summed E-state index contributed by atoms with van der Waals surface area (Å²) in [7, 11) is -2.46. The lowest BCUT2D eigenvalue weighted by Crippen LogP contribution is -2.36. The van der Waals surface area contributed by atoms with Crippen LogP contribution in [0.5, 0.6) is 5.75 Å². The number of ether oxygens (including phenoxy) is 1. The van der Waals surface area contributed by atoms with Crippen LogP contribution in [-0.2, 0) is 16.4 Å². The van der Waals surface area contributed by atoms with Crippen molar-refractivity contribution in [2.24, 2.45) is 0 Å². The summed E-state index contributed by atoms with van der Waals surface area (Å²) in [6, 6.07) is 20.2. The molecule has 0 saturated heterocycles. The predicted octanol–water partition coefficient (Wildman–Crippen LogP) is 4.14. The van der Waals surface area contributed by atoms with Crippen LogP contribution in [0.1, 0.15) is 22.8 Å². The van der Waals surface area contributed by atoms with Gasteiger partial charge in [-0.15, -0.1) is 0 Å². The van der Waals surface area contributed by atoms with Gasteiger partial charge < -0.3 is 20.4 Å². The SMILES string of the molecule is COc1ccc(C(=O)NC(C)Cn2c(N)c(S(=O)(=O)c3ccc(C)cc3)c3nc4ccccc4nc32)cc1. The van der Waals surface area contributed by atoms with Gasteiger partial charge in [0, 0.05) is 18.2 Å². The van der Waals surface area contributed by atoms with E-state index in [1.54, 1.807) is 72.3 Å². The molecule has 1 amide bonds. The van der Waals surface area contributed by atoms with Crippen molar-refractivity contribution in [1.29, 1.82) is 0 Å². The lowest BCUT2D eigenvalue weighted by molar-refractivity contribution is 0.0937. The average molecular weight is 530 g/mol. The quantitative estimate of drug-likeness (QED) is 0.324. The molecule has 1 atom stereocenters. The van der Waals surface area contributed by atoms with Crippen molar-refractivity contribution in [2.75, 3.05) is 12.8 Å². The highest BCUT2D eigenvalue weighted by molar-refractivity contribution is 7.92. The fraction of sp³-hybridized carbons (Fsp3) is 0.179. The van der Waals surface area contributed by atoms with E-state index in [9.17, 15) is 13.2 Å². The van der Waals surface area contributed by atoms with E-state index >= 15 is 0 Å². The van der Waals surface area contributed by atoms with Gasteiger partial charge in [0.15, 0.2) is 5.65 Å². The first-order valence-corrected chi connectivity index (χ1v) is 13.5. The summed E-state index contributed by atoms with van der Waals surface area (Å²) >= 11 is 0. The molecule has 0 bridgehead atoms. The maximum atomic E-state index is 13.8. The number of hydrogen-bond donors (Lipinski definition) is 2. The largest absolute Gasteiger partial charge is 0.497 e. The standard InChI is InChI=1S/C28H27N5O4S/c1-17-8-14-21(15-9-17)38(35,36)25-24-27(32-23-7-5-4-6-22(23)31-24)33(26(25)29)16-18(2)30-28(34)19-10-12-20(37-3)13-11-19/h4-15,18H,16,29H2,1-3H3,(H,30,34). The van der Waals surface area contributed by atoms with E-state index in [0.717, 1.165) is 5.56 Å². The molecule has 0 aliphatic carbocycles. The van der Waals surface area contributed by atoms with Gasteiger partial charge in [-0.25, -0.2) is 18.4 Å². The number of nitrogens with one attached hydrogen (secondary N) is 1. The minimum absolute atomic E-state index is 0.0152. The number of carbonyl (C=O) groups excluding carboxylic acids is 1. The molecule has 0 fully saturated rings. The van der Waals surface area contributed by atoms with Crippen LogP contribution < -0.4 is 15.8 Å². The zero-order chi connectivity index (χ0) is 27.0. The van der Waals surface area contributed by atoms with E-state index in [1.165, 1.54) is 0 Å². The maximum absolute atomic E-state index is 13.8. The van der Waals surface area contributed by atoms with Crippen molar-refractivity contribution < 1.29 is 17.9 Å². The van der Waals surface area contributed by atoms with E-state index in [-0.39, 0.29) is 33.6 Å². The number of amides is 1. The summed E-state index contributed by atoms with van der Waals surface area (Å²) in [6.07, 6.45) is 0. The first kappa shape index (κ1) is 25.2. The van der Waals surface area contributed by atoms with E-state index < -0.39 is 15.9 Å². The summed E-state index contributed by atoms with van der Waals surface area (Å²) in [5, 5.41) is 2.94. The molecule has 5 rings (SSSR count). The fourth-order valence-electron chi connectivity index (χ4n) is 4.34. The summed E-state index contributed by atoms with van der Waals surface area (Å²) in [6.45, 7) is 3.88. The van der Waals surface area contributed by atoms with Gasteiger partial charge in [0.2, 0.25) is 9.84 Å². The fourth-order valence-corrected chi connectivity index (χ4v) is 5.85. The number of methoxy groups -OCH3 is 1. The Morgan fingerprint density at radius 3 is 2.26 bits per heavy atom. The second kappa shape index (κ2) is 9.79. The number of benzene rings is 3. The Balaban J connectivity index is 1.57. The molecule has 194 valence electrons. The molecule has 9 nitrogen and oxygen atoms in total. The van der Waals surface area contributed by atoms with Crippen LogP contribution >= 0.6 is 0 Å². The van der Waals surface area contributed by atoms with Gasteiger partial charge in [0.1, 0.15) is 22.0 Å². The van der Waals surface area contributed by atoms with Crippen molar-refractivity contribution in [3.8, 4) is 5.75 Å². The van der Waals surface area contributed by atoms with Crippen LogP contribution in [-0.4, -0.2) is 42.0 Å². The second-order valence-corrected chi connectivity index (χ2v) is 11.0. The molecule has 2 aromatic heterocycles. The van der Waals surface area contributed by atoms with Gasteiger partial charge >= 0.3 is 0 Å². The summed E-state index contributed by atoms with van der Waals surface area (Å²) in [5.41, 5.74) is 9.62. The smallest absolute Gasteiger partial charge is 0.251 e. The molecule has 0 aliphatic heterocycles. The van der Waals surface area contributed by atoms with Gasteiger partial charge in [-0.2, -0.15) is 0 Å². The van der Waals surface area contributed by atoms with E-state index in [4.69, 9.17) is 15.5 Å². The number of nitrogens with two attached hydrogens (primary N) is 1. The lowest BCUT2D eigenvalue weighted by atomic mass is 10.2. The van der Waals surface area contributed by atoms with E-state index in [2.05, 4.69) is 10.3 Å². The first-order valence-electron chi connectivity index (χ1n) is 12.0. The van der Waals surface area contributed by atoms with Crippen molar-refractivity contribution in [3.63, 3.8) is 0 Å². The van der Waals surface area contributed by atoms with Crippen molar-refractivity contribution in [1.82, 2.24) is 19.9 Å². The highest BCUT2D eigenvalue weighted by atomic mass is 32.2. The summed E-state index contributed by atoms with van der Waals surface area (Å²) in [4.78, 5) is 22.2. The third kappa shape index (κ3) is 4.54. The number of aryl methyl sites for hydroxylation is 1. The van der Waals surface area contributed by atoms with Crippen LogP contribution in [0.25, 0.3) is 22.2 Å². The molecule has 1 unspecified atom stereocenters. The highest BCUT2D eigenvalue weighted by Gasteiger charge is 2.30. The monoisotopic (exact) mass is 529 g/mol. The number of rotatable bonds is 7. The van der Waals surface area contributed by atoms with Gasteiger partial charge in [-0.3, -0.25) is 4.79 Å². The first-order chi connectivity index (χ1) is 18.2. The minimum Gasteiger partial charge on any atom is -0.497 e. The van der Waals surface area contributed by atoms with Crippen LogP contribution in [0.15, 0.2) is 82.6 Å². The predicted molar refractivity (Wildman–Crippen MR) is 146 cm³/mol. The normalized spacial score (nSPS) is 12.5. The molecule has 3 aromatic carbocycles. The molecular formula is C28H27N5O4S. The van der Waals surface area contributed by atoms with Gasteiger partial charge in [-0.05, 0) is 62.4 Å². The molecule has 0 saturated carbocycles. The molecule has 3 N–H and O–H groups in total. The number of sulfone groups is 1. The van der Waals surface area contributed by atoms with Crippen LogP contribution in [0.4, 0.5) is 5.82 Å². The number of carbonyl (C=O) groups is 1. The number of fused-ring (bicyclic) bond motifs is 2. The number of aromatic nitrogens is 3. The number of nitrogens with zero attached hydrogens (tertiary/aromatic N) is 3. The van der Waals surface area contributed by atoms with E-state index in [0.29, 0.717) is 28.0 Å². The second-order valence-electron chi connectivity index (χ2n) is 9.13. The van der Waals surface area contributed by atoms with Gasteiger partial charge in [-0.1, -0.05) is 29.8 Å². The highest BCUT2D eigenvalue weighted by Crippen LogP contribution is 2.35. The average Bonchev–Trinajstić information content (AvgIpc) is 3.18. The maximum Gasteiger partial charge on any atom is 0.251 e. The Kier molecular flexibility index (Phi) is 6.50. The Morgan fingerprint density at radius 2 is 1.63 bits per heavy atom. The van der Waals surface area contributed by atoms with Crippen molar-refractivity contribution >= 4 is 43.8 Å². The third-order valence-corrected chi connectivity index (χ3v) is 8.17. The molecule has 0 aliphatic rings. The number of hydrogen-bond acceptors (Lipinski definition) is 7. The van der Waals surface area contributed by atoms with E-state index in [1.807, 2.05) is 26.0 Å². The molecule has 38 heavy (non-hydrogen) atoms. The molecule has 10 heteroatoms. The van der Waals surface area contributed by atoms with Crippen LogP contribution in [0.2, 0.25) is 0 Å².